The second kappa shape index (κ2) is 10.8. The molecule has 0 saturated carbocycles. The van der Waals surface area contributed by atoms with Crippen LogP contribution in [-0.4, -0.2) is 68.8 Å². The van der Waals surface area contributed by atoms with Gasteiger partial charge in [0.05, 0.1) is 31.0 Å². The lowest BCUT2D eigenvalue weighted by Gasteiger charge is -2.47. The molecule has 1 fully saturated rings. The minimum absolute atomic E-state index is 0.00808. The molecule has 0 bridgehead atoms. The van der Waals surface area contributed by atoms with Crippen molar-refractivity contribution < 1.29 is 28.4 Å². The van der Waals surface area contributed by atoms with Crippen LogP contribution < -0.4 is 0 Å². The average Bonchev–Trinajstić information content (AvgIpc) is 2.45. The van der Waals surface area contributed by atoms with Crippen LogP contribution in [0.1, 0.15) is 55.4 Å². The molecule has 0 aromatic rings. The quantitative estimate of drug-likeness (QED) is 0.595. The van der Waals surface area contributed by atoms with Crippen molar-refractivity contribution in [2.24, 2.45) is 0 Å². The number of hydrogen-bond acceptors (Lipinski definition) is 6. The molecule has 1 aliphatic heterocycles. The van der Waals surface area contributed by atoms with Crippen LogP contribution in [0.4, 0.5) is 0 Å². The van der Waals surface area contributed by atoms with Crippen LogP contribution in [0.3, 0.4) is 0 Å². The normalized spacial score (nSPS) is 30.8. The van der Waals surface area contributed by atoms with Crippen LogP contribution in [0.15, 0.2) is 0 Å². The molecule has 1 saturated heterocycles. The number of rotatable bonds is 10. The highest BCUT2D eigenvalue weighted by Crippen LogP contribution is 2.31. The summed E-state index contributed by atoms with van der Waals surface area (Å²) in [4.78, 5) is 0. The van der Waals surface area contributed by atoms with Crippen molar-refractivity contribution in [2.75, 3.05) is 13.7 Å². The fourth-order valence-corrected chi connectivity index (χ4v) is 2.96. The molecule has 0 aliphatic carbocycles. The van der Waals surface area contributed by atoms with E-state index in [2.05, 4.69) is 0 Å². The Bertz CT molecular complexity index is 358. The van der Waals surface area contributed by atoms with Gasteiger partial charge in [-0.1, -0.05) is 0 Å². The van der Waals surface area contributed by atoms with Crippen LogP contribution in [0, 0.1) is 0 Å². The van der Waals surface area contributed by atoms with Gasteiger partial charge in [-0.15, -0.1) is 0 Å². The summed E-state index contributed by atoms with van der Waals surface area (Å²) in [6, 6.07) is 0. The summed E-state index contributed by atoms with van der Waals surface area (Å²) in [6.07, 6.45) is -1.69. The average molecular weight is 363 g/mol. The third-order valence-corrected chi connectivity index (χ3v) is 3.62. The van der Waals surface area contributed by atoms with Crippen LogP contribution >= 0.6 is 0 Å². The van der Waals surface area contributed by atoms with Crippen LogP contribution in [-0.2, 0) is 28.4 Å². The first-order valence-electron chi connectivity index (χ1n) is 9.41. The molecule has 1 rings (SSSR count). The van der Waals surface area contributed by atoms with Crippen molar-refractivity contribution in [3.05, 3.63) is 0 Å². The van der Waals surface area contributed by atoms with Gasteiger partial charge in [0.15, 0.2) is 6.29 Å². The Kier molecular flexibility index (Phi) is 9.85. The summed E-state index contributed by atoms with van der Waals surface area (Å²) in [5, 5.41) is 0. The first kappa shape index (κ1) is 22.8. The standard InChI is InChI=1S/C19H38O6/c1-11(2)21-16-15(10-20-9)25-19(24-14(7)8)18(23-13(5)6)17(16)22-12(3)4/h11-19H,10H2,1-9H3/t15?,16-,17+,18?,19-/m1/s1. The van der Waals surface area contributed by atoms with Crippen molar-refractivity contribution in [3.63, 3.8) is 0 Å². The van der Waals surface area contributed by atoms with Crippen LogP contribution in [0.25, 0.3) is 0 Å². The summed E-state index contributed by atoms with van der Waals surface area (Å²) in [5.74, 6) is 0. The van der Waals surface area contributed by atoms with E-state index in [9.17, 15) is 0 Å². The highest BCUT2D eigenvalue weighted by atomic mass is 16.7. The van der Waals surface area contributed by atoms with E-state index >= 15 is 0 Å². The molecule has 0 radical (unpaired) electrons. The summed E-state index contributed by atoms with van der Waals surface area (Å²) >= 11 is 0. The van der Waals surface area contributed by atoms with Gasteiger partial charge < -0.3 is 28.4 Å². The van der Waals surface area contributed by atoms with E-state index in [0.29, 0.717) is 6.61 Å². The second-order valence-corrected chi connectivity index (χ2v) is 7.63. The zero-order chi connectivity index (χ0) is 19.1. The number of ether oxygens (including phenoxy) is 6. The zero-order valence-electron chi connectivity index (χ0n) is 17.4. The first-order chi connectivity index (χ1) is 11.6. The van der Waals surface area contributed by atoms with Crippen molar-refractivity contribution in [1.29, 1.82) is 0 Å². The summed E-state index contributed by atoms with van der Waals surface area (Å²) < 4.78 is 36.1. The van der Waals surface area contributed by atoms with E-state index in [1.54, 1.807) is 7.11 Å². The molecule has 25 heavy (non-hydrogen) atoms. The third kappa shape index (κ3) is 7.49. The molecular formula is C19H38O6. The van der Waals surface area contributed by atoms with Gasteiger partial charge in [-0.2, -0.15) is 0 Å². The van der Waals surface area contributed by atoms with E-state index in [4.69, 9.17) is 28.4 Å². The van der Waals surface area contributed by atoms with E-state index in [0.717, 1.165) is 0 Å². The fraction of sp³-hybridized carbons (Fsp3) is 1.00. The Labute approximate surface area is 153 Å². The van der Waals surface area contributed by atoms with Crippen molar-refractivity contribution in [1.82, 2.24) is 0 Å². The first-order valence-corrected chi connectivity index (χ1v) is 9.41. The van der Waals surface area contributed by atoms with Gasteiger partial charge in [0.1, 0.15) is 24.4 Å². The minimum Gasteiger partial charge on any atom is -0.382 e. The predicted molar refractivity (Wildman–Crippen MR) is 96.8 cm³/mol. The molecule has 2 unspecified atom stereocenters. The molecule has 1 heterocycles. The Hall–Kier alpha value is -0.240. The molecule has 6 nitrogen and oxygen atoms in total. The van der Waals surface area contributed by atoms with E-state index in [1.165, 1.54) is 0 Å². The molecule has 0 aromatic carbocycles. The maximum absolute atomic E-state index is 6.24. The monoisotopic (exact) mass is 362 g/mol. The minimum atomic E-state index is -0.529. The van der Waals surface area contributed by atoms with Crippen molar-refractivity contribution in [3.8, 4) is 0 Å². The largest absolute Gasteiger partial charge is 0.382 e. The number of hydrogen-bond donors (Lipinski definition) is 0. The molecule has 0 spiro atoms. The molecule has 150 valence electrons. The Morgan fingerprint density at radius 1 is 0.640 bits per heavy atom. The highest BCUT2D eigenvalue weighted by Gasteiger charge is 2.50. The van der Waals surface area contributed by atoms with Gasteiger partial charge in [0, 0.05) is 7.11 Å². The lowest BCUT2D eigenvalue weighted by molar-refractivity contribution is -0.339. The molecule has 0 amide bonds. The van der Waals surface area contributed by atoms with Gasteiger partial charge in [-0.05, 0) is 55.4 Å². The Morgan fingerprint density at radius 3 is 1.52 bits per heavy atom. The van der Waals surface area contributed by atoms with Crippen molar-refractivity contribution >= 4 is 0 Å². The van der Waals surface area contributed by atoms with E-state index in [1.807, 2.05) is 55.4 Å². The molecule has 0 N–H and O–H groups in total. The SMILES string of the molecule is COCC1O[C@@H](OC(C)C)C(OC(C)C)[C@@H](OC(C)C)[C@@H]1OC(C)C. The highest BCUT2D eigenvalue weighted by molar-refractivity contribution is 4.94. The summed E-state index contributed by atoms with van der Waals surface area (Å²) in [5.41, 5.74) is 0. The molecule has 1 aliphatic rings. The van der Waals surface area contributed by atoms with Crippen molar-refractivity contribution in [2.45, 2.75) is 111 Å². The smallest absolute Gasteiger partial charge is 0.187 e. The maximum Gasteiger partial charge on any atom is 0.187 e. The lowest BCUT2D eigenvalue weighted by atomic mass is 9.97. The molecule has 5 atom stereocenters. The topological polar surface area (TPSA) is 55.4 Å². The molecule has 6 heteroatoms. The van der Waals surface area contributed by atoms with Gasteiger partial charge >= 0.3 is 0 Å². The fourth-order valence-electron chi connectivity index (χ4n) is 2.96. The summed E-state index contributed by atoms with van der Waals surface area (Å²) in [7, 11) is 1.66. The second-order valence-electron chi connectivity index (χ2n) is 7.63. The predicted octanol–water partition coefficient (Wildman–Crippen LogP) is 3.16. The lowest BCUT2D eigenvalue weighted by Crippen LogP contribution is -2.63. The molecule has 0 aromatic heterocycles. The third-order valence-electron chi connectivity index (χ3n) is 3.62. The number of methoxy groups -OCH3 is 1. The zero-order valence-corrected chi connectivity index (χ0v) is 17.4. The van der Waals surface area contributed by atoms with Gasteiger partial charge in [0.2, 0.25) is 0 Å². The van der Waals surface area contributed by atoms with Gasteiger partial charge in [-0.3, -0.25) is 0 Å². The maximum atomic E-state index is 6.24. The van der Waals surface area contributed by atoms with E-state index in [-0.39, 0.29) is 48.8 Å². The van der Waals surface area contributed by atoms with Gasteiger partial charge in [-0.25, -0.2) is 0 Å². The molecular weight excluding hydrogens is 324 g/mol. The van der Waals surface area contributed by atoms with Gasteiger partial charge in [0.25, 0.3) is 0 Å². The van der Waals surface area contributed by atoms with Crippen LogP contribution in [0.5, 0.6) is 0 Å². The Balaban J connectivity index is 3.17. The van der Waals surface area contributed by atoms with Crippen LogP contribution in [0.2, 0.25) is 0 Å². The summed E-state index contributed by atoms with van der Waals surface area (Å²) in [6.45, 7) is 16.4. The Morgan fingerprint density at radius 2 is 1.08 bits per heavy atom. The van der Waals surface area contributed by atoms with E-state index < -0.39 is 6.29 Å².